The second-order valence-corrected chi connectivity index (χ2v) is 30.3. The summed E-state index contributed by atoms with van der Waals surface area (Å²) in [6.07, 6.45) is -13.6. The Labute approximate surface area is 497 Å². The molecule has 0 aliphatic heterocycles. The first-order valence-corrected chi connectivity index (χ1v) is 31.6. The maximum absolute atomic E-state index is 13.9. The maximum atomic E-state index is 13.9. The molecule has 21 atom stereocenters. The summed E-state index contributed by atoms with van der Waals surface area (Å²) in [7, 11) is -3.01. The third-order valence-corrected chi connectivity index (χ3v) is 27.0. The van der Waals surface area contributed by atoms with Crippen LogP contribution in [0.5, 0.6) is 0 Å². The summed E-state index contributed by atoms with van der Waals surface area (Å²) in [6.45, 7) is 12.8. The topological polar surface area (TPSA) is 135 Å². The van der Waals surface area contributed by atoms with E-state index in [1.807, 2.05) is 6.92 Å². The molecule has 8 fully saturated rings. The zero-order chi connectivity index (χ0) is 60.5. The molecule has 21 heteroatoms. The summed E-state index contributed by atoms with van der Waals surface area (Å²) in [5.74, 6) is 1.99. The van der Waals surface area contributed by atoms with E-state index in [1.54, 1.807) is 18.2 Å². The van der Waals surface area contributed by atoms with Gasteiger partial charge in [-0.1, -0.05) is 72.6 Å². The number of aliphatic hydroxyl groups is 5. The molecule has 0 radical (unpaired) electrons. The van der Waals surface area contributed by atoms with E-state index in [4.69, 9.17) is 5.11 Å². The van der Waals surface area contributed by atoms with Crippen LogP contribution in [0, 0.1) is 92.7 Å². The van der Waals surface area contributed by atoms with E-state index >= 15 is 0 Å². The van der Waals surface area contributed by atoms with Crippen molar-refractivity contribution < 1.29 is 89.5 Å². The number of benzene rings is 1. The summed E-state index contributed by atoms with van der Waals surface area (Å²) in [5.41, 5.74) is -5.80. The van der Waals surface area contributed by atoms with Crippen molar-refractivity contribution in [3.8, 4) is 0 Å². The van der Waals surface area contributed by atoms with Crippen molar-refractivity contribution in [3.63, 3.8) is 0 Å². The van der Waals surface area contributed by atoms with E-state index < -0.39 is 75.5 Å². The monoisotopic (exact) mass is 1220 g/mol. The minimum Gasteiger partial charge on any atom is -1.00 e. The van der Waals surface area contributed by atoms with Crippen LogP contribution in [-0.4, -0.2) is 117 Å². The van der Waals surface area contributed by atoms with Crippen LogP contribution in [0.1, 0.15) is 192 Å². The van der Waals surface area contributed by atoms with Crippen LogP contribution in [0.15, 0.2) is 35.2 Å². The Kier molecular flexibility index (Phi) is 21.4. The van der Waals surface area contributed by atoms with Crippen LogP contribution in [0.4, 0.5) is 52.7 Å². The Morgan fingerprint density at radius 1 is 0.524 bits per heavy atom. The van der Waals surface area contributed by atoms with E-state index in [9.17, 15) is 81.5 Å². The van der Waals surface area contributed by atoms with Crippen LogP contribution >= 0.6 is 0 Å². The number of sulfone groups is 1. The smallest absolute Gasteiger partial charge is 1.00 e. The Morgan fingerprint density at radius 2 is 0.927 bits per heavy atom. The summed E-state index contributed by atoms with van der Waals surface area (Å²) >= 11 is 0. The molecule has 9 rings (SSSR count). The Hall–Kier alpha value is -1.10. The number of hydrogen-bond donors (Lipinski definition) is 5. The molecule has 0 saturated heterocycles. The van der Waals surface area contributed by atoms with Crippen molar-refractivity contribution in [1.29, 1.82) is 0 Å². The van der Waals surface area contributed by atoms with Gasteiger partial charge in [0.2, 0.25) is 0 Å². The molecule has 8 saturated carbocycles. The molecular formula is C61H94F12MgO7S. The van der Waals surface area contributed by atoms with E-state index in [2.05, 4.69) is 34.6 Å². The summed E-state index contributed by atoms with van der Waals surface area (Å²) in [5, 5.41) is 45.9. The van der Waals surface area contributed by atoms with E-state index in [0.717, 1.165) is 77.7 Å². The van der Waals surface area contributed by atoms with Crippen molar-refractivity contribution in [2.24, 2.45) is 92.7 Å². The van der Waals surface area contributed by atoms with Gasteiger partial charge in [-0.25, -0.2) is 8.42 Å². The van der Waals surface area contributed by atoms with E-state index in [1.165, 1.54) is 12.1 Å². The second kappa shape index (κ2) is 25.1. The molecule has 82 heavy (non-hydrogen) atoms. The molecule has 8 aliphatic carbocycles. The fourth-order valence-electron chi connectivity index (χ4n) is 20.1. The van der Waals surface area contributed by atoms with Crippen molar-refractivity contribution >= 4 is 32.9 Å². The Bertz CT molecular complexity index is 2390. The van der Waals surface area contributed by atoms with E-state index in [0.29, 0.717) is 55.8 Å². The first-order chi connectivity index (χ1) is 37.3. The predicted octanol–water partition coefficient (Wildman–Crippen LogP) is 15.2. The zero-order valence-electron chi connectivity index (χ0n) is 51.0. The average Bonchev–Trinajstić information content (AvgIpc) is 4.04. The normalized spacial score (nSPS) is 41.1. The quantitative estimate of drug-likeness (QED) is 0.104. The standard InChI is InChI=1S/C33H46F6O4S.C27H42F6O2.CH4O.Mg.2H/c1-20(27(13-14-28(40)32(34,35)36)44(42,43)22-7-5-4-6-8-22)24-11-12-25-23-10-9-21-19-31(41,33(37,38)39)18-17-29(21,2)26(23)15-16-30(24,25)3;1-16(5-4-6-22(34)26(28,29)30)19-9-10-20-18-8-7-17-15-25(35,27(31,32)33)14-13-23(17,2)21(18)11-12-24(19,20)3;1-2;;;/h4-8,20-21,23-28,40-41H,9-19H2,1-3H3;16-22,34-35H,4-15H2,1-3H3;2H,1H3;;;/q;;;+2;2*-1/t20-,21-,23-,24+,25-,26-,27?,28-,29-,30+,31-;16-,17+,18+,19-,20+,21+,22+,23+,24-,25+;;;;/m01..../s1. The Morgan fingerprint density at radius 3 is 1.35 bits per heavy atom. The number of rotatable bonds is 12. The van der Waals surface area contributed by atoms with Gasteiger partial charge in [0.1, 0.15) is 12.2 Å². The molecule has 5 N–H and O–H groups in total. The molecule has 1 unspecified atom stereocenters. The number of aliphatic hydroxyl groups excluding tert-OH is 3. The van der Waals surface area contributed by atoms with Gasteiger partial charge in [-0.3, -0.25) is 0 Å². The van der Waals surface area contributed by atoms with Crippen molar-refractivity contribution in [2.75, 3.05) is 7.11 Å². The van der Waals surface area contributed by atoms with Crippen LogP contribution in [0.25, 0.3) is 0 Å². The summed E-state index contributed by atoms with van der Waals surface area (Å²) < 4.78 is 187. The molecular weight excluding hydrogens is 1130 g/mol. The molecule has 472 valence electrons. The summed E-state index contributed by atoms with van der Waals surface area (Å²) in [4.78, 5) is 0.0594. The molecule has 0 amide bonds. The SMILES string of the molecule is CO.C[C@H](C(CC[C@H](O)C(F)(F)F)S(=O)(=O)c1ccccc1)[C@H]1CC[C@H]2[C@@H]3CC[C@H]4C[C@](O)(C(F)(F)F)CC[C@]4(C)[C@H]3CC[C@]12C.C[C@H](CCC[C@H](O)C(F)(F)F)[C@H]1CC[C@H]2[C@@H]3CC[C@H]4C[C@](O)(C(F)(F)F)CC[C@]4(C)[C@H]3CC[C@]12C.[H-].[H-].[Mg+2]. The van der Waals surface area contributed by atoms with Gasteiger partial charge in [-0.2, -0.15) is 52.7 Å². The van der Waals surface area contributed by atoms with Gasteiger partial charge < -0.3 is 28.4 Å². The minimum absolute atomic E-state index is 0. The maximum Gasteiger partial charge on any atom is 2.00 e. The molecule has 0 heterocycles. The molecule has 0 bridgehead atoms. The van der Waals surface area contributed by atoms with Gasteiger partial charge in [0.15, 0.2) is 21.0 Å². The fraction of sp³-hybridized carbons (Fsp3) is 0.902. The number of hydrogen-bond acceptors (Lipinski definition) is 7. The van der Waals surface area contributed by atoms with Crippen LogP contribution < -0.4 is 0 Å². The first-order valence-electron chi connectivity index (χ1n) is 30.1. The number of alkyl halides is 12. The molecule has 1 aromatic rings. The molecule has 0 spiro atoms. The van der Waals surface area contributed by atoms with Gasteiger partial charge in [0.25, 0.3) is 0 Å². The van der Waals surface area contributed by atoms with Gasteiger partial charge >= 0.3 is 47.8 Å². The van der Waals surface area contributed by atoms with E-state index in [-0.39, 0.29) is 132 Å². The zero-order valence-corrected chi connectivity index (χ0v) is 51.2. The second-order valence-electron chi connectivity index (χ2n) is 28.1. The van der Waals surface area contributed by atoms with Crippen molar-refractivity contribution in [2.45, 2.75) is 247 Å². The molecule has 8 aliphatic rings. The third-order valence-electron chi connectivity index (χ3n) is 24.7. The third kappa shape index (κ3) is 13.0. The fourth-order valence-corrected chi connectivity index (χ4v) is 22.2. The minimum atomic E-state index is -4.84. The number of halogens is 12. The van der Waals surface area contributed by atoms with Crippen LogP contribution in [0.3, 0.4) is 0 Å². The molecule has 7 nitrogen and oxygen atoms in total. The largest absolute Gasteiger partial charge is 2.00 e. The predicted molar refractivity (Wildman–Crippen MR) is 292 cm³/mol. The van der Waals surface area contributed by atoms with Gasteiger partial charge in [0.05, 0.1) is 10.1 Å². The van der Waals surface area contributed by atoms with Gasteiger partial charge in [-0.05, 0) is 240 Å². The molecule has 1 aromatic carbocycles. The first kappa shape index (κ1) is 70.0. The summed E-state index contributed by atoms with van der Waals surface area (Å²) in [6, 6.07) is 7.78. The van der Waals surface area contributed by atoms with Crippen LogP contribution in [0.2, 0.25) is 0 Å². The van der Waals surface area contributed by atoms with Gasteiger partial charge in [-0.15, -0.1) is 0 Å². The van der Waals surface area contributed by atoms with Crippen LogP contribution in [-0.2, 0) is 9.84 Å². The van der Waals surface area contributed by atoms with Gasteiger partial charge in [0, 0.05) is 7.11 Å². The van der Waals surface area contributed by atoms with Crippen molar-refractivity contribution in [3.05, 3.63) is 30.3 Å². The molecule has 0 aromatic heterocycles. The number of fused-ring (bicyclic) bond motifs is 10. The van der Waals surface area contributed by atoms with Crippen molar-refractivity contribution in [1.82, 2.24) is 0 Å². The average molecular weight is 1220 g/mol. The Balaban J connectivity index is 0.000000346.